The Kier molecular flexibility index (Phi) is 5.40. The molecular formula is C20H21FN2O2S. The highest BCUT2D eigenvalue weighted by atomic mass is 32.2. The lowest BCUT2D eigenvalue weighted by Crippen LogP contribution is -2.37. The van der Waals surface area contributed by atoms with Gasteiger partial charge in [-0.1, -0.05) is 29.8 Å². The number of sulfonamides is 1. The van der Waals surface area contributed by atoms with Gasteiger partial charge in [-0.05, 0) is 56.0 Å². The first-order valence-electron chi connectivity index (χ1n) is 8.66. The van der Waals surface area contributed by atoms with Crippen LogP contribution in [-0.2, 0) is 10.0 Å². The second-order valence-electron chi connectivity index (χ2n) is 6.64. The zero-order chi connectivity index (χ0) is 18.7. The third kappa shape index (κ3) is 3.64. The van der Waals surface area contributed by atoms with Gasteiger partial charge in [0.05, 0.1) is 17.0 Å². The van der Waals surface area contributed by atoms with Crippen LogP contribution in [0.25, 0.3) is 0 Å². The molecule has 6 heteroatoms. The van der Waals surface area contributed by atoms with E-state index >= 15 is 0 Å². The summed E-state index contributed by atoms with van der Waals surface area (Å²) in [7, 11) is -3.71. The molecule has 1 aliphatic rings. The van der Waals surface area contributed by atoms with Gasteiger partial charge in [0, 0.05) is 12.5 Å². The first-order valence-corrected chi connectivity index (χ1v) is 10.1. The van der Waals surface area contributed by atoms with Crippen LogP contribution in [0.3, 0.4) is 0 Å². The van der Waals surface area contributed by atoms with Gasteiger partial charge >= 0.3 is 0 Å². The van der Waals surface area contributed by atoms with E-state index in [0.29, 0.717) is 25.7 Å². The zero-order valence-corrected chi connectivity index (χ0v) is 15.4. The van der Waals surface area contributed by atoms with Crippen LogP contribution in [0.15, 0.2) is 53.4 Å². The molecule has 0 bridgehead atoms. The highest BCUT2D eigenvalue weighted by Crippen LogP contribution is 2.41. The SMILES string of the molecule is Cc1ccc(S(=O)(=O)N2[C@H](CCC#N)CC[C@@H]2c2ccc(F)cc2)cc1. The maximum atomic E-state index is 13.3. The van der Waals surface area contributed by atoms with E-state index in [1.807, 2.05) is 6.92 Å². The first-order chi connectivity index (χ1) is 12.4. The normalized spacial score (nSPS) is 20.8. The summed E-state index contributed by atoms with van der Waals surface area (Å²) in [5.41, 5.74) is 1.77. The van der Waals surface area contributed by atoms with E-state index in [0.717, 1.165) is 11.1 Å². The minimum atomic E-state index is -3.71. The van der Waals surface area contributed by atoms with Gasteiger partial charge in [0.25, 0.3) is 0 Å². The van der Waals surface area contributed by atoms with Crippen LogP contribution in [0.4, 0.5) is 4.39 Å². The summed E-state index contributed by atoms with van der Waals surface area (Å²) >= 11 is 0. The molecule has 0 amide bonds. The number of aryl methyl sites for hydroxylation is 1. The van der Waals surface area contributed by atoms with Crippen LogP contribution in [0, 0.1) is 24.1 Å². The topological polar surface area (TPSA) is 61.2 Å². The Labute approximate surface area is 153 Å². The second kappa shape index (κ2) is 7.56. The van der Waals surface area contributed by atoms with E-state index < -0.39 is 10.0 Å². The summed E-state index contributed by atoms with van der Waals surface area (Å²) in [5, 5.41) is 8.92. The Morgan fingerprint density at radius 3 is 2.38 bits per heavy atom. The number of halogens is 1. The number of rotatable bonds is 5. The first kappa shape index (κ1) is 18.6. The molecule has 1 aliphatic heterocycles. The predicted octanol–water partition coefficient (Wildman–Crippen LogP) is 4.33. The van der Waals surface area contributed by atoms with E-state index in [1.165, 1.54) is 16.4 Å². The fraction of sp³-hybridized carbons (Fsp3) is 0.350. The summed E-state index contributed by atoms with van der Waals surface area (Å²) in [5.74, 6) is -0.347. The van der Waals surface area contributed by atoms with Gasteiger partial charge in [0.15, 0.2) is 0 Å². The van der Waals surface area contributed by atoms with Crippen LogP contribution in [0.2, 0.25) is 0 Å². The standard InChI is InChI=1S/C20H21FN2O2S/c1-15-4-11-19(12-5-15)26(24,25)23-18(3-2-14-22)10-13-20(23)16-6-8-17(21)9-7-16/h4-9,11-12,18,20H,2-3,10,13H2,1H3/t18-,20-/m1/s1. The van der Waals surface area contributed by atoms with Crippen molar-refractivity contribution in [2.24, 2.45) is 0 Å². The lowest BCUT2D eigenvalue weighted by atomic mass is 10.1. The Bertz CT molecular complexity index is 902. The van der Waals surface area contributed by atoms with Crippen molar-refractivity contribution in [3.05, 3.63) is 65.5 Å². The molecule has 0 aromatic heterocycles. The molecule has 26 heavy (non-hydrogen) atoms. The second-order valence-corrected chi connectivity index (χ2v) is 8.49. The molecule has 136 valence electrons. The van der Waals surface area contributed by atoms with Crippen LogP contribution < -0.4 is 0 Å². The summed E-state index contributed by atoms with van der Waals surface area (Å²) in [6.07, 6.45) is 2.15. The van der Waals surface area contributed by atoms with Gasteiger partial charge in [0.2, 0.25) is 10.0 Å². The van der Waals surface area contributed by atoms with Crippen molar-refractivity contribution >= 4 is 10.0 Å². The molecule has 1 heterocycles. The van der Waals surface area contributed by atoms with Gasteiger partial charge < -0.3 is 0 Å². The van der Waals surface area contributed by atoms with E-state index in [-0.39, 0.29) is 22.8 Å². The number of hydrogen-bond acceptors (Lipinski definition) is 3. The predicted molar refractivity (Wildman–Crippen MR) is 97.2 cm³/mol. The summed E-state index contributed by atoms with van der Waals surface area (Å²) < 4.78 is 41.5. The molecule has 2 aromatic rings. The third-order valence-corrected chi connectivity index (χ3v) is 6.86. The van der Waals surface area contributed by atoms with E-state index in [9.17, 15) is 12.8 Å². The molecule has 2 aromatic carbocycles. The maximum Gasteiger partial charge on any atom is 0.243 e. The van der Waals surface area contributed by atoms with Crippen molar-refractivity contribution in [1.82, 2.24) is 4.31 Å². The largest absolute Gasteiger partial charge is 0.243 e. The third-order valence-electron chi connectivity index (χ3n) is 4.88. The molecule has 0 unspecified atom stereocenters. The fourth-order valence-corrected chi connectivity index (χ4v) is 5.45. The highest BCUT2D eigenvalue weighted by molar-refractivity contribution is 7.89. The molecule has 1 saturated heterocycles. The highest BCUT2D eigenvalue weighted by Gasteiger charge is 2.42. The van der Waals surface area contributed by atoms with Gasteiger partial charge in [0.1, 0.15) is 5.82 Å². The molecule has 1 fully saturated rings. The van der Waals surface area contributed by atoms with Gasteiger partial charge in [-0.25, -0.2) is 12.8 Å². The van der Waals surface area contributed by atoms with E-state index in [1.54, 1.807) is 36.4 Å². The molecule has 0 saturated carbocycles. The number of benzene rings is 2. The van der Waals surface area contributed by atoms with Crippen LogP contribution in [-0.4, -0.2) is 18.8 Å². The molecule has 0 spiro atoms. The van der Waals surface area contributed by atoms with Crippen molar-refractivity contribution in [1.29, 1.82) is 5.26 Å². The number of nitriles is 1. The van der Waals surface area contributed by atoms with Gasteiger partial charge in [-0.3, -0.25) is 0 Å². The lowest BCUT2D eigenvalue weighted by molar-refractivity contribution is 0.315. The Balaban J connectivity index is 2.01. The molecule has 0 radical (unpaired) electrons. The van der Waals surface area contributed by atoms with Crippen LogP contribution >= 0.6 is 0 Å². The average Bonchev–Trinajstić information content (AvgIpc) is 3.05. The lowest BCUT2D eigenvalue weighted by Gasteiger charge is -2.29. The van der Waals surface area contributed by atoms with Crippen molar-refractivity contribution in [3.63, 3.8) is 0 Å². The smallest absolute Gasteiger partial charge is 0.207 e. The van der Waals surface area contributed by atoms with Crippen LogP contribution in [0.5, 0.6) is 0 Å². The summed E-state index contributed by atoms with van der Waals surface area (Å²) in [6, 6.07) is 14.3. The zero-order valence-electron chi connectivity index (χ0n) is 14.6. The maximum absolute atomic E-state index is 13.3. The quantitative estimate of drug-likeness (QED) is 0.785. The Hall–Kier alpha value is -2.23. The summed E-state index contributed by atoms with van der Waals surface area (Å²) in [4.78, 5) is 0.249. The average molecular weight is 372 g/mol. The summed E-state index contributed by atoms with van der Waals surface area (Å²) in [6.45, 7) is 1.91. The van der Waals surface area contributed by atoms with Crippen molar-refractivity contribution in [2.75, 3.05) is 0 Å². The van der Waals surface area contributed by atoms with Gasteiger partial charge in [-0.2, -0.15) is 9.57 Å². The van der Waals surface area contributed by atoms with Crippen molar-refractivity contribution in [2.45, 2.75) is 49.6 Å². The van der Waals surface area contributed by atoms with Gasteiger partial charge in [-0.15, -0.1) is 0 Å². The molecule has 4 nitrogen and oxygen atoms in total. The van der Waals surface area contributed by atoms with E-state index in [2.05, 4.69) is 6.07 Å². The molecule has 2 atom stereocenters. The fourth-order valence-electron chi connectivity index (χ4n) is 3.56. The monoisotopic (exact) mass is 372 g/mol. The minimum Gasteiger partial charge on any atom is -0.207 e. The van der Waals surface area contributed by atoms with Crippen molar-refractivity contribution < 1.29 is 12.8 Å². The molecular weight excluding hydrogens is 351 g/mol. The van der Waals surface area contributed by atoms with Crippen molar-refractivity contribution in [3.8, 4) is 6.07 Å². The number of hydrogen-bond donors (Lipinski definition) is 0. The number of nitrogens with zero attached hydrogens (tertiary/aromatic N) is 2. The minimum absolute atomic E-state index is 0.226. The molecule has 0 aliphatic carbocycles. The molecule has 0 N–H and O–H groups in total. The van der Waals surface area contributed by atoms with E-state index in [4.69, 9.17) is 5.26 Å². The molecule has 3 rings (SSSR count). The van der Waals surface area contributed by atoms with Crippen LogP contribution in [0.1, 0.15) is 42.9 Å². The Morgan fingerprint density at radius 1 is 1.12 bits per heavy atom. The Morgan fingerprint density at radius 2 is 1.77 bits per heavy atom.